The van der Waals surface area contributed by atoms with Gasteiger partial charge in [-0.2, -0.15) is 4.98 Å². The SMILES string of the molecule is O=Cc1c(Oc2ccc([N+](=O)[O-])cc2Cl)nc2sccn12. The van der Waals surface area contributed by atoms with Crippen LogP contribution in [0, 0.1) is 10.1 Å². The number of carbonyl (C=O) groups excluding carboxylic acids is 1. The van der Waals surface area contributed by atoms with Crippen molar-refractivity contribution in [1.29, 1.82) is 0 Å². The average molecular weight is 324 g/mol. The Morgan fingerprint density at radius 2 is 2.29 bits per heavy atom. The second-order valence-corrected chi connectivity index (χ2v) is 5.23. The van der Waals surface area contributed by atoms with E-state index in [1.165, 1.54) is 29.5 Å². The summed E-state index contributed by atoms with van der Waals surface area (Å²) >= 11 is 7.29. The fourth-order valence-corrected chi connectivity index (χ4v) is 2.68. The lowest BCUT2D eigenvalue weighted by molar-refractivity contribution is -0.384. The molecule has 7 nitrogen and oxygen atoms in total. The Labute approximate surface area is 126 Å². The van der Waals surface area contributed by atoms with E-state index in [1.807, 2.05) is 0 Å². The van der Waals surface area contributed by atoms with Crippen LogP contribution in [0.5, 0.6) is 11.6 Å². The molecule has 0 N–H and O–H groups in total. The van der Waals surface area contributed by atoms with Gasteiger partial charge in [-0.1, -0.05) is 11.6 Å². The number of ether oxygens (including phenoxy) is 1. The zero-order chi connectivity index (χ0) is 15.0. The summed E-state index contributed by atoms with van der Waals surface area (Å²) in [7, 11) is 0. The first-order valence-corrected chi connectivity index (χ1v) is 6.88. The first-order valence-electron chi connectivity index (χ1n) is 5.62. The highest BCUT2D eigenvalue weighted by molar-refractivity contribution is 7.15. The van der Waals surface area contributed by atoms with Crippen LogP contribution in [0.3, 0.4) is 0 Å². The molecule has 0 atom stereocenters. The number of thiazole rings is 1. The smallest absolute Gasteiger partial charge is 0.271 e. The lowest BCUT2D eigenvalue weighted by Gasteiger charge is -2.05. The Morgan fingerprint density at radius 1 is 1.48 bits per heavy atom. The third-order valence-corrected chi connectivity index (χ3v) is 3.76. The van der Waals surface area contributed by atoms with Gasteiger partial charge in [-0.25, -0.2) is 0 Å². The summed E-state index contributed by atoms with van der Waals surface area (Å²) in [5.74, 6) is 0.295. The molecule has 21 heavy (non-hydrogen) atoms. The van der Waals surface area contributed by atoms with Crippen molar-refractivity contribution in [2.45, 2.75) is 0 Å². The predicted octanol–water partition coefficient (Wildman–Crippen LogP) is 3.56. The van der Waals surface area contributed by atoms with Crippen LogP contribution in [-0.2, 0) is 0 Å². The lowest BCUT2D eigenvalue weighted by atomic mass is 10.3. The van der Waals surface area contributed by atoms with Gasteiger partial charge >= 0.3 is 0 Å². The number of hydrogen-bond acceptors (Lipinski definition) is 6. The van der Waals surface area contributed by atoms with E-state index >= 15 is 0 Å². The van der Waals surface area contributed by atoms with Crippen molar-refractivity contribution < 1.29 is 14.5 Å². The normalized spacial score (nSPS) is 10.7. The third kappa shape index (κ3) is 2.34. The van der Waals surface area contributed by atoms with Gasteiger partial charge < -0.3 is 4.74 Å². The molecule has 1 aromatic carbocycles. The van der Waals surface area contributed by atoms with Crippen LogP contribution in [0.2, 0.25) is 5.02 Å². The highest BCUT2D eigenvalue weighted by atomic mass is 35.5. The molecule has 2 aromatic heterocycles. The highest BCUT2D eigenvalue weighted by Crippen LogP contribution is 2.33. The molecule has 2 heterocycles. The van der Waals surface area contributed by atoms with Crippen LogP contribution in [-0.4, -0.2) is 20.6 Å². The maximum Gasteiger partial charge on any atom is 0.271 e. The Balaban J connectivity index is 2.00. The van der Waals surface area contributed by atoms with Gasteiger partial charge in [-0.05, 0) is 6.07 Å². The molecule has 0 radical (unpaired) electrons. The monoisotopic (exact) mass is 323 g/mol. The maximum atomic E-state index is 11.2. The number of nitro benzene ring substituents is 1. The molecule has 3 aromatic rings. The first-order chi connectivity index (χ1) is 10.1. The quantitative estimate of drug-likeness (QED) is 0.416. The molecule has 0 spiro atoms. The summed E-state index contributed by atoms with van der Waals surface area (Å²) in [6.07, 6.45) is 2.32. The Kier molecular flexibility index (Phi) is 3.32. The van der Waals surface area contributed by atoms with Crippen molar-refractivity contribution in [3.8, 4) is 11.6 Å². The van der Waals surface area contributed by atoms with Crippen molar-refractivity contribution >= 4 is 39.9 Å². The zero-order valence-electron chi connectivity index (χ0n) is 10.2. The number of carbonyl (C=O) groups is 1. The topological polar surface area (TPSA) is 86.7 Å². The highest BCUT2D eigenvalue weighted by Gasteiger charge is 2.17. The van der Waals surface area contributed by atoms with Crippen LogP contribution in [0.4, 0.5) is 5.69 Å². The van der Waals surface area contributed by atoms with Gasteiger partial charge in [-0.15, -0.1) is 11.3 Å². The van der Waals surface area contributed by atoms with E-state index < -0.39 is 4.92 Å². The van der Waals surface area contributed by atoms with Crippen LogP contribution in [0.15, 0.2) is 29.8 Å². The summed E-state index contributed by atoms with van der Waals surface area (Å²) < 4.78 is 7.09. The fourth-order valence-electron chi connectivity index (χ4n) is 1.76. The number of hydrogen-bond donors (Lipinski definition) is 0. The van der Waals surface area contributed by atoms with Gasteiger partial charge in [-0.3, -0.25) is 19.3 Å². The van der Waals surface area contributed by atoms with Crippen LogP contribution in [0.1, 0.15) is 10.5 Å². The lowest BCUT2D eigenvalue weighted by Crippen LogP contribution is -1.93. The Morgan fingerprint density at radius 3 is 2.95 bits per heavy atom. The molecule has 0 aliphatic rings. The number of aldehydes is 1. The van der Waals surface area contributed by atoms with Crippen molar-refractivity contribution in [3.05, 3.63) is 50.6 Å². The number of halogens is 1. The minimum absolute atomic E-state index is 0.0670. The zero-order valence-corrected chi connectivity index (χ0v) is 11.8. The minimum Gasteiger partial charge on any atom is -0.435 e. The molecule has 0 unspecified atom stereocenters. The van der Waals surface area contributed by atoms with Gasteiger partial charge in [0.2, 0.25) is 5.88 Å². The molecular formula is C12H6ClN3O4S. The molecule has 0 amide bonds. The molecular weight excluding hydrogens is 318 g/mol. The van der Waals surface area contributed by atoms with E-state index in [-0.39, 0.29) is 28.0 Å². The van der Waals surface area contributed by atoms with Gasteiger partial charge in [0.15, 0.2) is 16.9 Å². The number of fused-ring (bicyclic) bond motifs is 1. The summed E-state index contributed by atoms with van der Waals surface area (Å²) in [5, 5.41) is 12.5. The van der Waals surface area contributed by atoms with Crippen LogP contribution in [0.25, 0.3) is 4.96 Å². The molecule has 0 fully saturated rings. The van der Waals surface area contributed by atoms with Gasteiger partial charge in [0, 0.05) is 23.7 Å². The maximum absolute atomic E-state index is 11.2. The fraction of sp³-hybridized carbons (Fsp3) is 0. The predicted molar refractivity (Wildman–Crippen MR) is 76.6 cm³/mol. The molecule has 106 valence electrons. The summed E-state index contributed by atoms with van der Waals surface area (Å²) in [4.78, 5) is 26.0. The second kappa shape index (κ2) is 5.15. The molecule has 0 bridgehead atoms. The summed E-state index contributed by atoms with van der Waals surface area (Å²) in [6.45, 7) is 0. The van der Waals surface area contributed by atoms with Gasteiger partial charge in [0.05, 0.1) is 9.95 Å². The molecule has 0 aliphatic carbocycles. The standard InChI is InChI=1S/C12H6ClN3O4S/c13-8-5-7(16(18)19)1-2-10(8)20-11-9(6-17)15-3-4-21-12(15)14-11/h1-6H. The van der Waals surface area contributed by atoms with Crippen LogP contribution >= 0.6 is 22.9 Å². The van der Waals surface area contributed by atoms with Gasteiger partial charge in [0.1, 0.15) is 5.75 Å². The van der Waals surface area contributed by atoms with Crippen molar-refractivity contribution in [2.24, 2.45) is 0 Å². The van der Waals surface area contributed by atoms with Gasteiger partial charge in [0.25, 0.3) is 5.69 Å². The van der Waals surface area contributed by atoms with E-state index in [0.717, 1.165) is 0 Å². The second-order valence-electron chi connectivity index (χ2n) is 3.95. The Hall–Kier alpha value is -2.45. The van der Waals surface area contributed by atoms with E-state index in [1.54, 1.807) is 16.0 Å². The minimum atomic E-state index is -0.556. The number of non-ortho nitro benzene ring substituents is 1. The molecule has 0 saturated carbocycles. The summed E-state index contributed by atoms with van der Waals surface area (Å²) in [5.41, 5.74) is 0.106. The molecule has 3 rings (SSSR count). The van der Waals surface area contributed by atoms with E-state index in [2.05, 4.69) is 4.98 Å². The average Bonchev–Trinajstić information content (AvgIpc) is 3.00. The number of nitro groups is 1. The number of benzene rings is 1. The molecule has 9 heteroatoms. The van der Waals surface area contributed by atoms with Crippen molar-refractivity contribution in [1.82, 2.24) is 9.38 Å². The number of imidazole rings is 1. The van der Waals surface area contributed by atoms with Crippen LogP contribution < -0.4 is 4.74 Å². The van der Waals surface area contributed by atoms with E-state index in [9.17, 15) is 14.9 Å². The number of aromatic nitrogens is 2. The molecule has 0 aliphatic heterocycles. The third-order valence-electron chi connectivity index (χ3n) is 2.71. The summed E-state index contributed by atoms with van der Waals surface area (Å²) in [6, 6.07) is 3.80. The number of rotatable bonds is 4. The number of nitrogens with zero attached hydrogens (tertiary/aromatic N) is 3. The largest absolute Gasteiger partial charge is 0.435 e. The molecule has 0 saturated heterocycles. The van der Waals surface area contributed by atoms with Crippen molar-refractivity contribution in [2.75, 3.05) is 0 Å². The Bertz CT molecular complexity index is 857. The first kappa shape index (κ1) is 13.5. The van der Waals surface area contributed by atoms with Crippen molar-refractivity contribution in [3.63, 3.8) is 0 Å². The van der Waals surface area contributed by atoms with E-state index in [0.29, 0.717) is 11.2 Å². The van der Waals surface area contributed by atoms with E-state index in [4.69, 9.17) is 16.3 Å².